The first-order chi connectivity index (χ1) is 9.27. The molecule has 0 unspecified atom stereocenters. The highest BCUT2D eigenvalue weighted by Gasteiger charge is 2.17. The van der Waals surface area contributed by atoms with Crippen LogP contribution in [-0.2, 0) is 15.6 Å². The number of halogens is 2. The summed E-state index contributed by atoms with van der Waals surface area (Å²) in [4.78, 5) is 24.3. The van der Waals surface area contributed by atoms with Crippen LogP contribution in [0.3, 0.4) is 0 Å². The monoisotopic (exact) mass is 334 g/mol. The molecule has 0 saturated carbocycles. The van der Waals surface area contributed by atoms with Crippen LogP contribution in [0.2, 0.25) is 5.02 Å². The van der Waals surface area contributed by atoms with E-state index in [-0.39, 0.29) is 6.54 Å². The van der Waals surface area contributed by atoms with Gasteiger partial charge in [-0.05, 0) is 17.7 Å². The molecule has 0 aliphatic heterocycles. The van der Waals surface area contributed by atoms with Crippen LogP contribution in [0.25, 0.3) is 0 Å². The maximum Gasteiger partial charge on any atom is 0.328 e. The SMILES string of the molecule is O=c1[nH]c(=O)n(Cc2ccc(Cl)cc2)cc1S(=O)(=O)Cl. The number of H-pyrrole nitrogens is 1. The molecule has 2 rings (SSSR count). The topological polar surface area (TPSA) is 89.0 Å². The summed E-state index contributed by atoms with van der Waals surface area (Å²) in [6.07, 6.45) is 0.915. The molecule has 0 fully saturated rings. The van der Waals surface area contributed by atoms with Gasteiger partial charge in [0.1, 0.15) is 0 Å². The van der Waals surface area contributed by atoms with Crippen molar-refractivity contribution in [3.63, 3.8) is 0 Å². The molecule has 0 bridgehead atoms. The van der Waals surface area contributed by atoms with Gasteiger partial charge in [-0.25, -0.2) is 13.2 Å². The predicted molar refractivity (Wildman–Crippen MR) is 74.9 cm³/mol. The fourth-order valence-electron chi connectivity index (χ4n) is 1.57. The lowest BCUT2D eigenvalue weighted by Crippen LogP contribution is -2.32. The molecule has 6 nitrogen and oxygen atoms in total. The van der Waals surface area contributed by atoms with Gasteiger partial charge in [-0.2, -0.15) is 0 Å². The number of nitrogens with zero attached hydrogens (tertiary/aromatic N) is 1. The third-order valence-electron chi connectivity index (χ3n) is 2.51. The maximum atomic E-state index is 11.6. The van der Waals surface area contributed by atoms with Crippen molar-refractivity contribution >= 4 is 31.3 Å². The number of rotatable bonds is 3. The summed E-state index contributed by atoms with van der Waals surface area (Å²) in [5.74, 6) is 0. The molecule has 1 heterocycles. The molecule has 9 heteroatoms. The molecule has 0 amide bonds. The Bertz CT molecular complexity index is 853. The van der Waals surface area contributed by atoms with Crippen LogP contribution in [-0.4, -0.2) is 18.0 Å². The molecule has 0 radical (unpaired) electrons. The third kappa shape index (κ3) is 3.30. The quantitative estimate of drug-likeness (QED) is 0.853. The highest BCUT2D eigenvalue weighted by molar-refractivity contribution is 8.13. The summed E-state index contributed by atoms with van der Waals surface area (Å²) in [6.45, 7) is 0.0756. The zero-order valence-electron chi connectivity index (χ0n) is 9.84. The van der Waals surface area contributed by atoms with Gasteiger partial charge in [-0.1, -0.05) is 23.7 Å². The Hall–Kier alpha value is -1.57. The van der Waals surface area contributed by atoms with E-state index in [9.17, 15) is 18.0 Å². The van der Waals surface area contributed by atoms with Gasteiger partial charge in [0.15, 0.2) is 4.90 Å². The average Bonchev–Trinajstić information content (AvgIpc) is 2.33. The van der Waals surface area contributed by atoms with Crippen molar-refractivity contribution < 1.29 is 8.42 Å². The molecule has 1 N–H and O–H groups in total. The number of nitrogens with one attached hydrogen (secondary N) is 1. The van der Waals surface area contributed by atoms with Gasteiger partial charge < -0.3 is 0 Å². The predicted octanol–water partition coefficient (Wildman–Crippen LogP) is 1.17. The Morgan fingerprint density at radius 1 is 1.15 bits per heavy atom. The molecule has 106 valence electrons. The highest BCUT2D eigenvalue weighted by Crippen LogP contribution is 2.11. The van der Waals surface area contributed by atoms with Crippen LogP contribution < -0.4 is 11.2 Å². The van der Waals surface area contributed by atoms with Gasteiger partial charge in [0.05, 0.1) is 6.54 Å². The Kier molecular flexibility index (Phi) is 4.03. The first kappa shape index (κ1) is 14.8. The number of hydrogen-bond acceptors (Lipinski definition) is 4. The Labute approximate surface area is 123 Å². The number of aromatic nitrogens is 2. The molecule has 2 aromatic rings. The summed E-state index contributed by atoms with van der Waals surface area (Å²) < 4.78 is 23.5. The Morgan fingerprint density at radius 3 is 2.30 bits per heavy atom. The lowest BCUT2D eigenvalue weighted by molar-refractivity contribution is 0.603. The van der Waals surface area contributed by atoms with Gasteiger partial charge in [0.25, 0.3) is 14.6 Å². The third-order valence-corrected chi connectivity index (χ3v) is 4.07. The zero-order valence-corrected chi connectivity index (χ0v) is 12.2. The minimum absolute atomic E-state index is 0.0756. The van der Waals surface area contributed by atoms with Gasteiger partial charge >= 0.3 is 5.69 Å². The maximum absolute atomic E-state index is 11.6. The van der Waals surface area contributed by atoms with Crippen molar-refractivity contribution in [2.75, 3.05) is 0 Å². The van der Waals surface area contributed by atoms with Crippen molar-refractivity contribution in [3.8, 4) is 0 Å². The van der Waals surface area contributed by atoms with E-state index in [4.69, 9.17) is 22.3 Å². The average molecular weight is 335 g/mol. The first-order valence-electron chi connectivity index (χ1n) is 5.30. The van der Waals surface area contributed by atoms with E-state index in [0.29, 0.717) is 10.6 Å². The lowest BCUT2D eigenvalue weighted by atomic mass is 10.2. The minimum atomic E-state index is -4.22. The lowest BCUT2D eigenvalue weighted by Gasteiger charge is -2.06. The van der Waals surface area contributed by atoms with Gasteiger partial charge in [-0.15, -0.1) is 0 Å². The molecule has 1 aromatic heterocycles. The first-order valence-corrected chi connectivity index (χ1v) is 7.99. The van der Waals surface area contributed by atoms with Crippen LogP contribution in [0.1, 0.15) is 5.56 Å². The highest BCUT2D eigenvalue weighted by atomic mass is 35.7. The largest absolute Gasteiger partial charge is 0.328 e. The normalized spacial score (nSPS) is 11.5. The summed E-state index contributed by atoms with van der Waals surface area (Å²) in [6, 6.07) is 6.61. The Balaban J connectivity index is 2.50. The van der Waals surface area contributed by atoms with Crippen molar-refractivity contribution in [1.82, 2.24) is 9.55 Å². The Morgan fingerprint density at radius 2 is 1.75 bits per heavy atom. The van der Waals surface area contributed by atoms with Crippen molar-refractivity contribution in [1.29, 1.82) is 0 Å². The van der Waals surface area contributed by atoms with E-state index in [1.54, 1.807) is 24.3 Å². The van der Waals surface area contributed by atoms with Crippen LogP contribution in [0, 0.1) is 0 Å². The van der Waals surface area contributed by atoms with E-state index in [2.05, 4.69) is 0 Å². The van der Waals surface area contributed by atoms with Crippen LogP contribution in [0.4, 0.5) is 0 Å². The summed E-state index contributed by atoms with van der Waals surface area (Å²) in [7, 11) is 0.907. The second-order valence-corrected chi connectivity index (χ2v) is 6.92. The van der Waals surface area contributed by atoms with Crippen LogP contribution in [0.15, 0.2) is 44.9 Å². The zero-order chi connectivity index (χ0) is 14.9. The van der Waals surface area contributed by atoms with Crippen molar-refractivity contribution in [3.05, 3.63) is 61.9 Å². The standard InChI is InChI=1S/C11H8Cl2N2O4S/c12-8-3-1-7(2-4-8)5-15-6-9(20(13,18)19)10(16)14-11(15)17/h1-4,6H,5H2,(H,14,16,17). The molecule has 1 aromatic carbocycles. The van der Waals surface area contributed by atoms with Gasteiger partial charge in [0, 0.05) is 21.9 Å². The van der Waals surface area contributed by atoms with E-state index >= 15 is 0 Å². The molecule has 0 aliphatic rings. The number of aromatic amines is 1. The molecule has 0 atom stereocenters. The fraction of sp³-hybridized carbons (Fsp3) is 0.0909. The van der Waals surface area contributed by atoms with E-state index in [1.165, 1.54) is 0 Å². The molecule has 20 heavy (non-hydrogen) atoms. The minimum Gasteiger partial charge on any atom is -0.295 e. The molecular formula is C11H8Cl2N2O4S. The van der Waals surface area contributed by atoms with Gasteiger partial charge in [0.2, 0.25) is 0 Å². The molecular weight excluding hydrogens is 327 g/mol. The van der Waals surface area contributed by atoms with Crippen LogP contribution >= 0.6 is 22.3 Å². The van der Waals surface area contributed by atoms with E-state index in [0.717, 1.165) is 10.8 Å². The summed E-state index contributed by atoms with van der Waals surface area (Å²) in [5, 5.41) is 0.534. The van der Waals surface area contributed by atoms with Gasteiger partial charge in [-0.3, -0.25) is 14.3 Å². The second kappa shape index (κ2) is 5.43. The number of hydrogen-bond donors (Lipinski definition) is 1. The fourth-order valence-corrected chi connectivity index (χ4v) is 2.55. The van der Waals surface area contributed by atoms with E-state index in [1.807, 2.05) is 4.98 Å². The smallest absolute Gasteiger partial charge is 0.295 e. The second-order valence-electron chi connectivity index (χ2n) is 3.94. The summed E-state index contributed by atoms with van der Waals surface area (Å²) in [5.41, 5.74) is -1.06. The van der Waals surface area contributed by atoms with Crippen molar-refractivity contribution in [2.45, 2.75) is 11.4 Å². The molecule has 0 aliphatic carbocycles. The van der Waals surface area contributed by atoms with E-state index < -0.39 is 25.2 Å². The van der Waals surface area contributed by atoms with Crippen molar-refractivity contribution in [2.24, 2.45) is 0 Å². The van der Waals surface area contributed by atoms with Crippen LogP contribution in [0.5, 0.6) is 0 Å². The summed E-state index contributed by atoms with van der Waals surface area (Å²) >= 11 is 5.74. The molecule has 0 saturated heterocycles. The molecule has 0 spiro atoms. The number of benzene rings is 1.